The van der Waals surface area contributed by atoms with Crippen LogP contribution in [-0.4, -0.2) is 67.4 Å². The maximum absolute atomic E-state index is 11.4. The maximum atomic E-state index is 11.4. The molecule has 0 atom stereocenters. The zero-order valence-electron chi connectivity index (χ0n) is 16.1. The molecule has 0 bridgehead atoms. The number of Topliss-reactive ketones (excluding diaryl/α,β-unsaturated/α-hetero) is 1. The van der Waals surface area contributed by atoms with E-state index in [2.05, 4.69) is 0 Å². The number of phenolic OH excluding ortho intramolecular Hbond substituents is 2. The quantitative estimate of drug-likeness (QED) is 0.322. The number of aliphatic hydroxyl groups excluding tert-OH is 1. The molecule has 0 spiro atoms. The fourth-order valence-electron chi connectivity index (χ4n) is 2.41. The van der Waals surface area contributed by atoms with E-state index in [0.717, 1.165) is 17.7 Å². The molecule has 0 aromatic heterocycles. The van der Waals surface area contributed by atoms with Crippen LogP contribution < -0.4 is 4.74 Å². The van der Waals surface area contributed by atoms with Crippen LogP contribution in [0.4, 0.5) is 0 Å². The van der Waals surface area contributed by atoms with Crippen LogP contribution in [0.2, 0.25) is 0 Å². The van der Waals surface area contributed by atoms with E-state index in [0.29, 0.717) is 33.0 Å². The van der Waals surface area contributed by atoms with Gasteiger partial charge in [0, 0.05) is 5.56 Å². The molecule has 0 saturated heterocycles. The summed E-state index contributed by atoms with van der Waals surface area (Å²) in [6, 6.07) is 12.1. The summed E-state index contributed by atoms with van der Waals surface area (Å²) in [4.78, 5) is 11.4. The van der Waals surface area contributed by atoms with Gasteiger partial charge in [-0.2, -0.15) is 0 Å². The fraction of sp³-hybridized carbons (Fsp3) is 0.381. The molecule has 0 amide bonds. The van der Waals surface area contributed by atoms with Crippen molar-refractivity contribution >= 4 is 5.78 Å². The number of ether oxygens (including phenoxy) is 4. The third-order valence-corrected chi connectivity index (χ3v) is 3.84. The van der Waals surface area contributed by atoms with Crippen LogP contribution >= 0.6 is 0 Å². The van der Waals surface area contributed by atoms with Gasteiger partial charge in [-0.3, -0.25) is 4.79 Å². The monoisotopic (exact) mass is 406 g/mol. The first-order valence-electron chi connectivity index (χ1n) is 9.21. The Hall–Kier alpha value is -2.65. The number of phenols is 2. The summed E-state index contributed by atoms with van der Waals surface area (Å²) in [5.41, 5.74) is 1.11. The molecule has 2 rings (SSSR count). The number of benzene rings is 2. The van der Waals surface area contributed by atoms with Gasteiger partial charge in [0.25, 0.3) is 0 Å². The summed E-state index contributed by atoms with van der Waals surface area (Å²) in [5, 5.41) is 28.5. The molecule has 0 aliphatic carbocycles. The molecule has 0 aliphatic rings. The van der Waals surface area contributed by atoms with Crippen LogP contribution in [0, 0.1) is 0 Å². The molecule has 8 nitrogen and oxygen atoms in total. The van der Waals surface area contributed by atoms with Gasteiger partial charge in [-0.15, -0.1) is 0 Å². The van der Waals surface area contributed by atoms with E-state index < -0.39 is 12.4 Å². The second kappa shape index (κ2) is 12.7. The SMILES string of the molecule is O=C(CO)c1cc(O)c(OCCOCCOCCOCc2ccccc2)c(O)c1. The second-order valence-corrected chi connectivity index (χ2v) is 6.04. The van der Waals surface area contributed by atoms with Crippen molar-refractivity contribution in [2.45, 2.75) is 6.61 Å². The number of carbonyl (C=O) groups is 1. The number of aromatic hydroxyl groups is 2. The number of ketones is 1. The Kier molecular flexibility index (Phi) is 9.94. The Morgan fingerprint density at radius 2 is 1.34 bits per heavy atom. The third kappa shape index (κ3) is 8.08. The summed E-state index contributed by atoms with van der Waals surface area (Å²) < 4.78 is 21.5. The number of hydrogen-bond acceptors (Lipinski definition) is 8. The van der Waals surface area contributed by atoms with Crippen molar-refractivity contribution in [1.82, 2.24) is 0 Å². The minimum absolute atomic E-state index is 0.00371. The minimum atomic E-state index is -0.714. The maximum Gasteiger partial charge on any atom is 0.203 e. The summed E-state index contributed by atoms with van der Waals surface area (Å²) in [7, 11) is 0. The average Bonchev–Trinajstić information content (AvgIpc) is 2.73. The highest BCUT2D eigenvalue weighted by Gasteiger charge is 2.14. The van der Waals surface area contributed by atoms with Crippen molar-refractivity contribution in [2.75, 3.05) is 46.2 Å². The van der Waals surface area contributed by atoms with E-state index in [1.54, 1.807) is 0 Å². The molecule has 158 valence electrons. The van der Waals surface area contributed by atoms with Crippen molar-refractivity contribution in [3.8, 4) is 17.2 Å². The van der Waals surface area contributed by atoms with E-state index >= 15 is 0 Å². The Morgan fingerprint density at radius 1 is 0.793 bits per heavy atom. The summed E-state index contributed by atoms with van der Waals surface area (Å²) in [5.74, 6) is -1.54. The predicted octanol–water partition coefficient (Wildman–Crippen LogP) is 1.90. The van der Waals surface area contributed by atoms with Crippen molar-refractivity contribution in [3.05, 3.63) is 53.6 Å². The Morgan fingerprint density at radius 3 is 1.93 bits per heavy atom. The molecule has 2 aromatic rings. The molecule has 0 unspecified atom stereocenters. The lowest BCUT2D eigenvalue weighted by Crippen LogP contribution is -2.13. The normalized spacial score (nSPS) is 10.8. The van der Waals surface area contributed by atoms with Gasteiger partial charge in [0.15, 0.2) is 17.3 Å². The zero-order valence-corrected chi connectivity index (χ0v) is 16.1. The molecule has 29 heavy (non-hydrogen) atoms. The van der Waals surface area contributed by atoms with E-state index in [1.807, 2.05) is 30.3 Å². The third-order valence-electron chi connectivity index (χ3n) is 3.84. The molecule has 0 radical (unpaired) electrons. The van der Waals surface area contributed by atoms with Crippen molar-refractivity contribution in [3.63, 3.8) is 0 Å². The lowest BCUT2D eigenvalue weighted by atomic mass is 10.1. The van der Waals surface area contributed by atoms with Gasteiger partial charge in [0.2, 0.25) is 5.75 Å². The van der Waals surface area contributed by atoms with Crippen LogP contribution in [0.15, 0.2) is 42.5 Å². The zero-order chi connectivity index (χ0) is 20.9. The topological polar surface area (TPSA) is 115 Å². The molecule has 0 heterocycles. The average molecular weight is 406 g/mol. The molecule has 0 fully saturated rings. The van der Waals surface area contributed by atoms with Gasteiger partial charge in [0.05, 0.1) is 39.6 Å². The van der Waals surface area contributed by atoms with E-state index in [4.69, 9.17) is 24.1 Å². The molecule has 8 heteroatoms. The van der Waals surface area contributed by atoms with Crippen LogP contribution in [0.5, 0.6) is 17.2 Å². The number of hydrogen-bond donors (Lipinski definition) is 3. The van der Waals surface area contributed by atoms with E-state index in [1.165, 1.54) is 0 Å². The lowest BCUT2D eigenvalue weighted by Gasteiger charge is -2.11. The first-order chi connectivity index (χ1) is 14.1. The van der Waals surface area contributed by atoms with Crippen LogP contribution in [0.1, 0.15) is 15.9 Å². The smallest absolute Gasteiger partial charge is 0.203 e. The Bertz CT molecular complexity index is 725. The first-order valence-corrected chi connectivity index (χ1v) is 9.21. The highest BCUT2D eigenvalue weighted by atomic mass is 16.6. The highest BCUT2D eigenvalue weighted by Crippen LogP contribution is 2.37. The largest absolute Gasteiger partial charge is 0.504 e. The van der Waals surface area contributed by atoms with E-state index in [9.17, 15) is 15.0 Å². The summed E-state index contributed by atoms with van der Waals surface area (Å²) in [6.07, 6.45) is 0. The van der Waals surface area contributed by atoms with Crippen molar-refractivity contribution in [2.24, 2.45) is 0 Å². The van der Waals surface area contributed by atoms with Gasteiger partial charge in [-0.1, -0.05) is 30.3 Å². The van der Waals surface area contributed by atoms with Crippen LogP contribution in [-0.2, 0) is 20.8 Å². The van der Waals surface area contributed by atoms with Crippen molar-refractivity contribution < 1.29 is 39.1 Å². The Labute approximate surface area is 169 Å². The van der Waals surface area contributed by atoms with Gasteiger partial charge in [-0.25, -0.2) is 0 Å². The van der Waals surface area contributed by atoms with Gasteiger partial charge in [-0.05, 0) is 17.7 Å². The van der Waals surface area contributed by atoms with Gasteiger partial charge >= 0.3 is 0 Å². The number of carbonyl (C=O) groups excluding carboxylic acids is 1. The molecule has 2 aromatic carbocycles. The van der Waals surface area contributed by atoms with Crippen molar-refractivity contribution in [1.29, 1.82) is 0 Å². The highest BCUT2D eigenvalue weighted by molar-refractivity contribution is 5.98. The summed E-state index contributed by atoms with van der Waals surface area (Å²) >= 11 is 0. The van der Waals surface area contributed by atoms with Gasteiger partial charge in [0.1, 0.15) is 13.2 Å². The number of aliphatic hydroxyl groups is 1. The lowest BCUT2D eigenvalue weighted by molar-refractivity contribution is 0.00575. The molecule has 0 aliphatic heterocycles. The molecular weight excluding hydrogens is 380 g/mol. The Balaban J connectivity index is 1.51. The standard InChI is InChI=1S/C21H26O8/c22-14-20(25)17-12-18(23)21(19(24)13-17)29-11-10-27-7-6-26-8-9-28-15-16-4-2-1-3-5-16/h1-5,12-13,22-24H,6-11,14-15H2. The number of rotatable bonds is 14. The molecular formula is C21H26O8. The second-order valence-electron chi connectivity index (χ2n) is 6.04. The van der Waals surface area contributed by atoms with Crippen LogP contribution in [0.25, 0.3) is 0 Å². The van der Waals surface area contributed by atoms with Gasteiger partial charge < -0.3 is 34.3 Å². The minimum Gasteiger partial charge on any atom is -0.504 e. The van der Waals surface area contributed by atoms with Crippen LogP contribution in [0.3, 0.4) is 0 Å². The fourth-order valence-corrected chi connectivity index (χ4v) is 2.41. The molecule has 3 N–H and O–H groups in total. The van der Waals surface area contributed by atoms with E-state index in [-0.39, 0.29) is 36.0 Å². The molecule has 0 saturated carbocycles. The summed E-state index contributed by atoms with van der Waals surface area (Å²) in [6.45, 7) is 1.88. The predicted molar refractivity (Wildman–Crippen MR) is 104 cm³/mol. The first kappa shape index (κ1) is 22.6.